The molecule has 5 N–H and O–H groups in total. The van der Waals surface area contributed by atoms with E-state index in [-0.39, 0.29) is 11.2 Å². The first-order valence-electron chi connectivity index (χ1n) is 14.5. The van der Waals surface area contributed by atoms with Crippen LogP contribution >= 0.6 is 7.82 Å². The Morgan fingerprint density at radius 3 is 2.20 bits per heavy atom. The second-order valence-corrected chi connectivity index (χ2v) is 12.0. The Hall–Kier alpha value is -1.86. The van der Waals surface area contributed by atoms with Crippen LogP contribution in [0.5, 0.6) is 0 Å². The number of rotatable bonds is 17. The number of imidazole rings is 1. The van der Waals surface area contributed by atoms with E-state index in [1.54, 1.807) is 0 Å². The van der Waals surface area contributed by atoms with E-state index in [0.29, 0.717) is 17.8 Å². The summed E-state index contributed by atoms with van der Waals surface area (Å²) in [6.45, 7) is 9.56. The van der Waals surface area contributed by atoms with Crippen molar-refractivity contribution in [2.24, 2.45) is 11.8 Å². The second kappa shape index (κ2) is 14.9. The maximum Gasteiger partial charge on any atom is 0.469 e. The molecule has 1 fully saturated rings. The third-order valence-corrected chi connectivity index (χ3v) is 8.27. The molecule has 2 aromatic heterocycles. The Kier molecular flexibility index (Phi) is 12.1. The van der Waals surface area contributed by atoms with Gasteiger partial charge in [-0.3, -0.25) is 18.9 Å². The average Bonchev–Trinajstić information content (AvgIpc) is 3.47. The van der Waals surface area contributed by atoms with Gasteiger partial charge in [0, 0.05) is 13.1 Å². The van der Waals surface area contributed by atoms with E-state index >= 15 is 0 Å². The van der Waals surface area contributed by atoms with E-state index in [1.165, 1.54) is 10.9 Å². The quantitative estimate of drug-likeness (QED) is 0.171. The van der Waals surface area contributed by atoms with Gasteiger partial charge < -0.3 is 29.6 Å². The number of unbranched alkanes of at least 4 members (excludes halogenated alkanes) is 2. The number of aliphatic hydroxyl groups excluding tert-OH is 2. The SMILES string of the molecule is CCCCC(CC)CN(CC(CC)CCCC)c1nc2c(ncn2[C@@H]2O[C@H](COP(=O)(O)O)[C@@H](O)[C@H]2O)c(=O)[nH]1. The maximum atomic E-state index is 13.2. The van der Waals surface area contributed by atoms with E-state index in [2.05, 4.69) is 47.1 Å². The zero-order valence-electron chi connectivity index (χ0n) is 24.0. The summed E-state index contributed by atoms with van der Waals surface area (Å²) < 4.78 is 22.7. The van der Waals surface area contributed by atoms with E-state index < -0.39 is 44.5 Å². The van der Waals surface area contributed by atoms with Crippen LogP contribution in [0.4, 0.5) is 5.95 Å². The zero-order chi connectivity index (χ0) is 29.4. The van der Waals surface area contributed by atoms with Gasteiger partial charge in [0.1, 0.15) is 18.3 Å². The van der Waals surface area contributed by atoms with Crippen LogP contribution in [0.1, 0.15) is 85.3 Å². The molecule has 228 valence electrons. The van der Waals surface area contributed by atoms with Crippen LogP contribution in [0, 0.1) is 11.8 Å². The predicted molar refractivity (Wildman–Crippen MR) is 151 cm³/mol. The highest BCUT2D eigenvalue weighted by atomic mass is 31.2. The fourth-order valence-electron chi connectivity index (χ4n) is 5.22. The molecule has 0 spiro atoms. The number of anilines is 1. The molecule has 1 saturated heterocycles. The molecule has 13 nitrogen and oxygen atoms in total. The molecule has 2 unspecified atom stereocenters. The summed E-state index contributed by atoms with van der Waals surface area (Å²) in [6, 6.07) is 0. The Bertz CT molecular complexity index is 1150. The molecule has 0 aliphatic carbocycles. The van der Waals surface area contributed by atoms with Crippen LogP contribution in [-0.4, -0.2) is 77.5 Å². The fraction of sp³-hybridized carbons (Fsp3) is 0.808. The first-order chi connectivity index (χ1) is 19.0. The number of ether oxygens (including phenoxy) is 1. The largest absolute Gasteiger partial charge is 0.469 e. The number of phosphoric ester groups is 1. The fourth-order valence-corrected chi connectivity index (χ4v) is 5.56. The van der Waals surface area contributed by atoms with Gasteiger partial charge in [0.15, 0.2) is 17.4 Å². The van der Waals surface area contributed by atoms with Gasteiger partial charge in [0.2, 0.25) is 5.95 Å². The standard InChI is InChI=1S/C26H46N5O8P/c1-5-9-11-17(7-3)13-30(14-18(8-4)12-10-6-2)26-28-23-20(24(34)29-26)27-16-31(23)25-22(33)21(32)19(39-25)15-38-40(35,36)37/h16-19,21-22,25,32-33H,5-15H2,1-4H3,(H,28,29,34)(H2,35,36,37)/t17?,18?,19-,21-,22-,25-/m1/s1. The highest BCUT2D eigenvalue weighted by molar-refractivity contribution is 7.46. The van der Waals surface area contributed by atoms with Gasteiger partial charge in [-0.2, -0.15) is 4.98 Å². The maximum absolute atomic E-state index is 13.2. The number of nitrogens with one attached hydrogen (secondary N) is 1. The lowest BCUT2D eigenvalue weighted by Crippen LogP contribution is -2.36. The van der Waals surface area contributed by atoms with Gasteiger partial charge in [0.25, 0.3) is 5.56 Å². The molecular formula is C26H46N5O8P. The summed E-state index contributed by atoms with van der Waals surface area (Å²) in [5, 5.41) is 21.2. The van der Waals surface area contributed by atoms with Crippen molar-refractivity contribution in [1.82, 2.24) is 19.5 Å². The smallest absolute Gasteiger partial charge is 0.387 e. The zero-order valence-corrected chi connectivity index (χ0v) is 24.9. The Morgan fingerprint density at radius 2 is 1.68 bits per heavy atom. The number of aliphatic hydroxyl groups is 2. The average molecular weight is 588 g/mol. The first kappa shape index (κ1) is 32.7. The van der Waals surface area contributed by atoms with Crippen LogP contribution < -0.4 is 10.5 Å². The molecule has 0 bridgehead atoms. The number of hydrogen-bond donors (Lipinski definition) is 5. The number of aromatic nitrogens is 4. The van der Waals surface area contributed by atoms with Crippen molar-refractivity contribution >= 4 is 24.9 Å². The molecule has 3 heterocycles. The summed E-state index contributed by atoms with van der Waals surface area (Å²) in [5.74, 6) is 1.28. The molecule has 40 heavy (non-hydrogen) atoms. The predicted octanol–water partition coefficient (Wildman–Crippen LogP) is 3.09. The van der Waals surface area contributed by atoms with Crippen molar-refractivity contribution in [2.45, 2.75) is 104 Å². The number of hydrogen-bond acceptors (Lipinski definition) is 9. The molecule has 2 aromatic rings. The lowest BCUT2D eigenvalue weighted by Gasteiger charge is -2.31. The molecule has 6 atom stereocenters. The summed E-state index contributed by atoms with van der Waals surface area (Å²) in [6.07, 6.45) is 4.59. The Morgan fingerprint density at radius 1 is 1.07 bits per heavy atom. The minimum Gasteiger partial charge on any atom is -0.387 e. The van der Waals surface area contributed by atoms with Gasteiger partial charge in [0.05, 0.1) is 12.9 Å². The number of nitrogens with zero attached hydrogens (tertiary/aromatic N) is 4. The molecule has 0 radical (unpaired) electrons. The topological polar surface area (TPSA) is 183 Å². The molecular weight excluding hydrogens is 541 g/mol. The van der Waals surface area contributed by atoms with Gasteiger partial charge in [-0.25, -0.2) is 9.55 Å². The van der Waals surface area contributed by atoms with Crippen LogP contribution in [0.25, 0.3) is 11.2 Å². The van der Waals surface area contributed by atoms with Crippen molar-refractivity contribution in [1.29, 1.82) is 0 Å². The van der Waals surface area contributed by atoms with Crippen molar-refractivity contribution in [2.75, 3.05) is 24.6 Å². The Labute approximate surface area is 235 Å². The number of phosphoric acid groups is 1. The normalized spacial score (nSPS) is 23.1. The lowest BCUT2D eigenvalue weighted by atomic mass is 9.96. The molecule has 0 saturated carbocycles. The highest BCUT2D eigenvalue weighted by Gasteiger charge is 2.45. The molecule has 3 rings (SSSR count). The van der Waals surface area contributed by atoms with E-state index in [1.807, 2.05) is 0 Å². The Balaban J connectivity index is 1.96. The first-order valence-corrected chi connectivity index (χ1v) is 16.0. The molecule has 14 heteroatoms. The van der Waals surface area contributed by atoms with Gasteiger partial charge in [-0.05, 0) is 24.7 Å². The molecule has 1 aliphatic rings. The van der Waals surface area contributed by atoms with Crippen molar-refractivity contribution in [3.05, 3.63) is 16.7 Å². The van der Waals surface area contributed by atoms with E-state index in [4.69, 9.17) is 19.5 Å². The summed E-state index contributed by atoms with van der Waals surface area (Å²) in [7, 11) is -4.81. The van der Waals surface area contributed by atoms with Crippen LogP contribution in [0.2, 0.25) is 0 Å². The molecule has 0 aromatic carbocycles. The molecule has 0 amide bonds. The van der Waals surface area contributed by atoms with Crippen molar-refractivity contribution in [3.63, 3.8) is 0 Å². The van der Waals surface area contributed by atoms with Crippen molar-refractivity contribution < 1.29 is 33.8 Å². The summed E-state index contributed by atoms with van der Waals surface area (Å²) in [5.41, 5.74) is -0.193. The lowest BCUT2D eigenvalue weighted by molar-refractivity contribution is -0.0504. The van der Waals surface area contributed by atoms with Crippen molar-refractivity contribution in [3.8, 4) is 0 Å². The number of aromatic amines is 1. The molecule has 1 aliphatic heterocycles. The third kappa shape index (κ3) is 8.34. The summed E-state index contributed by atoms with van der Waals surface area (Å²) >= 11 is 0. The summed E-state index contributed by atoms with van der Waals surface area (Å²) in [4.78, 5) is 45.2. The minimum atomic E-state index is -4.81. The van der Waals surface area contributed by atoms with Gasteiger partial charge in [-0.1, -0.05) is 66.2 Å². The van der Waals surface area contributed by atoms with Gasteiger partial charge in [-0.15, -0.1) is 0 Å². The van der Waals surface area contributed by atoms with E-state index in [0.717, 1.165) is 64.5 Å². The second-order valence-electron chi connectivity index (χ2n) is 10.8. The van der Waals surface area contributed by atoms with Crippen LogP contribution in [-0.2, 0) is 13.8 Å². The number of fused-ring (bicyclic) bond motifs is 1. The monoisotopic (exact) mass is 587 g/mol. The third-order valence-electron chi connectivity index (χ3n) is 7.78. The minimum absolute atomic E-state index is 0.0555. The van der Waals surface area contributed by atoms with E-state index in [9.17, 15) is 19.6 Å². The number of H-pyrrole nitrogens is 1. The van der Waals surface area contributed by atoms with Crippen LogP contribution in [0.3, 0.4) is 0 Å². The van der Waals surface area contributed by atoms with Crippen LogP contribution in [0.15, 0.2) is 11.1 Å². The highest BCUT2D eigenvalue weighted by Crippen LogP contribution is 2.38. The van der Waals surface area contributed by atoms with Gasteiger partial charge >= 0.3 is 7.82 Å².